The van der Waals surface area contributed by atoms with Crippen LogP contribution in [0.15, 0.2) is 95.1 Å². The SMILES string of the molecule is COc1cccc(C2NC(=S)N(c3ccccc3)C(C)=C2c2nc(-c3ccccc3)no2)c1. The van der Waals surface area contributed by atoms with E-state index in [2.05, 4.69) is 10.5 Å². The van der Waals surface area contributed by atoms with Gasteiger partial charge in [0.25, 0.3) is 5.89 Å². The lowest BCUT2D eigenvalue weighted by Crippen LogP contribution is -2.46. The summed E-state index contributed by atoms with van der Waals surface area (Å²) in [4.78, 5) is 6.74. The van der Waals surface area contributed by atoms with Gasteiger partial charge in [0.2, 0.25) is 5.82 Å². The van der Waals surface area contributed by atoms with Crippen molar-refractivity contribution in [3.8, 4) is 17.1 Å². The van der Waals surface area contributed by atoms with Gasteiger partial charge in [-0.3, -0.25) is 4.90 Å². The molecule has 0 bridgehead atoms. The molecule has 1 aliphatic rings. The highest BCUT2D eigenvalue weighted by atomic mass is 32.1. The van der Waals surface area contributed by atoms with Gasteiger partial charge < -0.3 is 14.6 Å². The minimum atomic E-state index is -0.281. The molecule has 1 unspecified atom stereocenters. The number of hydrogen-bond donors (Lipinski definition) is 1. The van der Waals surface area contributed by atoms with Gasteiger partial charge in [0, 0.05) is 16.9 Å². The Balaban J connectivity index is 1.66. The summed E-state index contributed by atoms with van der Waals surface area (Å²) in [5.74, 6) is 1.74. The number of allylic oxidation sites excluding steroid dienone is 1. The third-order valence-electron chi connectivity index (χ3n) is 5.61. The number of methoxy groups -OCH3 is 1. The van der Waals surface area contributed by atoms with Crippen molar-refractivity contribution in [3.63, 3.8) is 0 Å². The molecule has 0 radical (unpaired) electrons. The van der Waals surface area contributed by atoms with Crippen LogP contribution in [0.4, 0.5) is 5.69 Å². The molecule has 33 heavy (non-hydrogen) atoms. The van der Waals surface area contributed by atoms with Gasteiger partial charge >= 0.3 is 0 Å². The second-order valence-corrected chi connectivity index (χ2v) is 8.01. The van der Waals surface area contributed by atoms with E-state index in [-0.39, 0.29) is 6.04 Å². The first kappa shape index (κ1) is 20.9. The largest absolute Gasteiger partial charge is 0.497 e. The van der Waals surface area contributed by atoms with Crippen LogP contribution in [0, 0.1) is 0 Å². The molecule has 7 heteroatoms. The Bertz CT molecular complexity index is 1320. The Morgan fingerprint density at radius 3 is 2.42 bits per heavy atom. The Labute approximate surface area is 197 Å². The predicted octanol–water partition coefficient (Wildman–Crippen LogP) is 5.61. The number of thiocarbonyl (C=S) groups is 1. The molecule has 164 valence electrons. The van der Waals surface area contributed by atoms with E-state index >= 15 is 0 Å². The molecule has 0 spiro atoms. The lowest BCUT2D eigenvalue weighted by Gasteiger charge is -2.37. The summed E-state index contributed by atoms with van der Waals surface area (Å²) in [5, 5.41) is 8.32. The average molecular weight is 455 g/mol. The number of rotatable bonds is 5. The molecule has 0 fully saturated rings. The molecule has 0 saturated carbocycles. The number of benzene rings is 3. The average Bonchev–Trinajstić information content (AvgIpc) is 3.35. The highest BCUT2D eigenvalue weighted by Gasteiger charge is 2.34. The van der Waals surface area contributed by atoms with Crippen molar-refractivity contribution in [2.45, 2.75) is 13.0 Å². The Hall–Kier alpha value is -3.97. The summed E-state index contributed by atoms with van der Waals surface area (Å²) in [6.07, 6.45) is 0. The maximum absolute atomic E-state index is 5.80. The van der Waals surface area contributed by atoms with Crippen LogP contribution in [0.1, 0.15) is 24.4 Å². The van der Waals surface area contributed by atoms with Crippen LogP contribution in [0.25, 0.3) is 17.0 Å². The van der Waals surface area contributed by atoms with Crippen LogP contribution in [0.5, 0.6) is 5.75 Å². The third-order valence-corrected chi connectivity index (χ3v) is 5.92. The summed E-state index contributed by atoms with van der Waals surface area (Å²) in [5.41, 5.74) is 4.61. The van der Waals surface area contributed by atoms with Gasteiger partial charge in [-0.15, -0.1) is 0 Å². The van der Waals surface area contributed by atoms with E-state index in [0.29, 0.717) is 16.8 Å². The van der Waals surface area contributed by atoms with Gasteiger partial charge in [-0.1, -0.05) is 65.8 Å². The number of anilines is 1. The maximum atomic E-state index is 5.80. The van der Waals surface area contributed by atoms with E-state index in [4.69, 9.17) is 26.5 Å². The van der Waals surface area contributed by atoms with E-state index in [1.165, 1.54) is 0 Å². The Kier molecular flexibility index (Phi) is 5.62. The summed E-state index contributed by atoms with van der Waals surface area (Å²) in [7, 11) is 1.65. The van der Waals surface area contributed by atoms with Crippen molar-refractivity contribution in [3.05, 3.63) is 102 Å². The molecule has 4 aromatic rings. The number of nitrogens with one attached hydrogen (secondary N) is 1. The molecule has 0 amide bonds. The lowest BCUT2D eigenvalue weighted by molar-refractivity contribution is 0.403. The first-order valence-corrected chi connectivity index (χ1v) is 11.0. The molecule has 5 rings (SSSR count). The molecule has 1 N–H and O–H groups in total. The maximum Gasteiger partial charge on any atom is 0.258 e. The third kappa shape index (κ3) is 3.99. The minimum Gasteiger partial charge on any atom is -0.497 e. The number of nitrogens with zero attached hydrogens (tertiary/aromatic N) is 3. The topological polar surface area (TPSA) is 63.4 Å². The highest BCUT2D eigenvalue weighted by Crippen LogP contribution is 2.39. The molecule has 6 nitrogen and oxygen atoms in total. The fraction of sp³-hybridized carbons (Fsp3) is 0.115. The van der Waals surface area contributed by atoms with Crippen molar-refractivity contribution in [1.82, 2.24) is 15.5 Å². The van der Waals surface area contributed by atoms with Crippen LogP contribution >= 0.6 is 12.2 Å². The molecule has 3 aromatic carbocycles. The molecule has 0 saturated heterocycles. The van der Waals surface area contributed by atoms with E-state index in [1.54, 1.807) is 7.11 Å². The van der Waals surface area contributed by atoms with Crippen molar-refractivity contribution in [2.75, 3.05) is 12.0 Å². The summed E-state index contributed by atoms with van der Waals surface area (Å²) >= 11 is 5.79. The van der Waals surface area contributed by atoms with Gasteiger partial charge in [0.05, 0.1) is 18.7 Å². The first-order chi connectivity index (χ1) is 16.2. The van der Waals surface area contributed by atoms with Gasteiger partial charge in [-0.25, -0.2) is 0 Å². The fourth-order valence-corrected chi connectivity index (χ4v) is 4.38. The molecule has 1 aliphatic heterocycles. The molecular formula is C26H22N4O2S. The quantitative estimate of drug-likeness (QED) is 0.393. The minimum absolute atomic E-state index is 0.281. The zero-order valence-corrected chi connectivity index (χ0v) is 19.0. The number of hydrogen-bond acceptors (Lipinski definition) is 5. The van der Waals surface area contributed by atoms with Crippen molar-refractivity contribution < 1.29 is 9.26 Å². The van der Waals surface area contributed by atoms with E-state index in [9.17, 15) is 0 Å². The Morgan fingerprint density at radius 2 is 1.70 bits per heavy atom. The predicted molar refractivity (Wildman–Crippen MR) is 133 cm³/mol. The van der Waals surface area contributed by atoms with Crippen LogP contribution in [-0.4, -0.2) is 22.4 Å². The summed E-state index contributed by atoms with van der Waals surface area (Å²) < 4.78 is 11.3. The van der Waals surface area contributed by atoms with E-state index < -0.39 is 0 Å². The second kappa shape index (κ2) is 8.88. The summed E-state index contributed by atoms with van der Waals surface area (Å²) in [6.45, 7) is 2.02. The molecular weight excluding hydrogens is 432 g/mol. The molecule has 0 aliphatic carbocycles. The van der Waals surface area contributed by atoms with Crippen LogP contribution in [-0.2, 0) is 0 Å². The van der Waals surface area contributed by atoms with E-state index in [1.807, 2.05) is 96.8 Å². The molecule has 1 aromatic heterocycles. The van der Waals surface area contributed by atoms with Crippen LogP contribution in [0.2, 0.25) is 0 Å². The van der Waals surface area contributed by atoms with Gasteiger partial charge in [0.1, 0.15) is 5.75 Å². The van der Waals surface area contributed by atoms with Crippen LogP contribution in [0.3, 0.4) is 0 Å². The van der Waals surface area contributed by atoms with Crippen molar-refractivity contribution in [1.29, 1.82) is 0 Å². The molecule has 2 heterocycles. The zero-order chi connectivity index (χ0) is 22.8. The fourth-order valence-electron chi connectivity index (χ4n) is 4.02. The standard InChI is InChI=1S/C26H22N4O2S/c1-17-22(25-28-24(29-32-25)18-10-5-3-6-11-18)23(19-12-9-15-21(16-19)31-2)27-26(33)30(17)20-13-7-4-8-14-20/h3-16,23H,1-2H3,(H,27,33). The highest BCUT2D eigenvalue weighted by molar-refractivity contribution is 7.80. The summed E-state index contributed by atoms with van der Waals surface area (Å²) in [6, 6.07) is 27.4. The van der Waals surface area contributed by atoms with Crippen molar-refractivity contribution >= 4 is 28.6 Å². The van der Waals surface area contributed by atoms with Crippen molar-refractivity contribution in [2.24, 2.45) is 0 Å². The normalized spacial score (nSPS) is 16.0. The first-order valence-electron chi connectivity index (χ1n) is 10.6. The lowest BCUT2D eigenvalue weighted by atomic mass is 9.94. The van der Waals surface area contributed by atoms with Gasteiger partial charge in [-0.05, 0) is 49.0 Å². The zero-order valence-electron chi connectivity index (χ0n) is 18.2. The Morgan fingerprint density at radius 1 is 0.970 bits per heavy atom. The number of aromatic nitrogens is 2. The second-order valence-electron chi connectivity index (χ2n) is 7.62. The van der Waals surface area contributed by atoms with E-state index in [0.717, 1.165) is 33.8 Å². The van der Waals surface area contributed by atoms with Gasteiger partial charge in [0.15, 0.2) is 5.11 Å². The monoisotopic (exact) mass is 454 g/mol. The smallest absolute Gasteiger partial charge is 0.258 e. The number of para-hydroxylation sites is 1. The number of ether oxygens (including phenoxy) is 1. The van der Waals surface area contributed by atoms with Gasteiger partial charge in [-0.2, -0.15) is 4.98 Å². The molecule has 1 atom stereocenters. The van der Waals surface area contributed by atoms with Crippen LogP contribution < -0.4 is 15.0 Å².